The first-order valence-electron chi connectivity index (χ1n) is 7.15. The van der Waals surface area contributed by atoms with Crippen LogP contribution in [-0.4, -0.2) is 18.7 Å². The normalized spacial score (nSPS) is 10.8. The molecule has 0 aliphatic rings. The van der Waals surface area contributed by atoms with Crippen LogP contribution in [-0.2, 0) is 30.7 Å². The third kappa shape index (κ3) is 4.52. The molecular weight excluding hydrogens is 284 g/mol. The molecule has 114 valence electrons. The molecule has 0 spiro atoms. The quantitative estimate of drug-likeness (QED) is 0.814. The van der Waals surface area contributed by atoms with Gasteiger partial charge in [0.15, 0.2) is 0 Å². The van der Waals surface area contributed by atoms with E-state index >= 15 is 0 Å². The first-order chi connectivity index (χ1) is 10.3. The molecule has 0 fully saturated rings. The highest BCUT2D eigenvalue weighted by atomic mass is 32.1. The average molecular weight is 306 g/mol. The van der Waals surface area contributed by atoms with E-state index in [9.17, 15) is 0 Å². The number of aromatic nitrogens is 1. The van der Waals surface area contributed by atoms with Crippen LogP contribution in [0.1, 0.15) is 28.1 Å². The second-order valence-corrected chi connectivity index (χ2v) is 5.88. The van der Waals surface area contributed by atoms with Crippen molar-refractivity contribution in [3.05, 3.63) is 45.4 Å². The number of nitrogens with zero attached hydrogens (tertiary/aromatic N) is 1. The van der Waals surface area contributed by atoms with E-state index in [1.165, 1.54) is 5.56 Å². The van der Waals surface area contributed by atoms with Gasteiger partial charge in [0.05, 0.1) is 23.9 Å². The lowest BCUT2D eigenvalue weighted by Gasteiger charge is -2.06. The number of rotatable bonds is 8. The summed E-state index contributed by atoms with van der Waals surface area (Å²) in [5, 5.41) is 1.05. The molecule has 0 saturated heterocycles. The molecule has 1 aromatic heterocycles. The maximum atomic E-state index is 5.80. The predicted octanol–water partition coefficient (Wildman–Crippen LogP) is 2.93. The van der Waals surface area contributed by atoms with E-state index in [-0.39, 0.29) is 0 Å². The maximum absolute atomic E-state index is 5.80. The molecule has 0 amide bonds. The largest absolute Gasteiger partial charge is 0.493 e. The fourth-order valence-corrected chi connectivity index (χ4v) is 3.00. The summed E-state index contributed by atoms with van der Waals surface area (Å²) < 4.78 is 10.9. The van der Waals surface area contributed by atoms with Gasteiger partial charge < -0.3 is 15.2 Å². The van der Waals surface area contributed by atoms with Crippen LogP contribution >= 0.6 is 11.3 Å². The molecule has 1 aromatic carbocycles. The minimum absolute atomic E-state index is 0.510. The molecule has 21 heavy (non-hydrogen) atoms. The summed E-state index contributed by atoms with van der Waals surface area (Å²) >= 11 is 1.65. The zero-order valence-corrected chi connectivity index (χ0v) is 13.4. The van der Waals surface area contributed by atoms with Crippen LogP contribution in [0.15, 0.2) is 24.3 Å². The number of aryl methyl sites for hydroxylation is 1. The second-order valence-electron chi connectivity index (χ2n) is 4.71. The first kappa shape index (κ1) is 15.9. The van der Waals surface area contributed by atoms with Crippen molar-refractivity contribution in [1.82, 2.24) is 4.98 Å². The number of benzene rings is 1. The van der Waals surface area contributed by atoms with Crippen LogP contribution < -0.4 is 10.5 Å². The maximum Gasteiger partial charge on any atom is 0.119 e. The Labute approximate surface area is 129 Å². The van der Waals surface area contributed by atoms with Crippen LogP contribution in [0.5, 0.6) is 5.75 Å². The van der Waals surface area contributed by atoms with E-state index in [1.54, 1.807) is 18.4 Å². The van der Waals surface area contributed by atoms with Gasteiger partial charge >= 0.3 is 0 Å². The van der Waals surface area contributed by atoms with Gasteiger partial charge in [0.2, 0.25) is 0 Å². The highest BCUT2D eigenvalue weighted by molar-refractivity contribution is 7.11. The molecule has 0 saturated carbocycles. The van der Waals surface area contributed by atoms with Crippen molar-refractivity contribution < 1.29 is 9.47 Å². The molecule has 4 nitrogen and oxygen atoms in total. The summed E-state index contributed by atoms with van der Waals surface area (Å²) in [6, 6.07) is 8.21. The van der Waals surface area contributed by atoms with Gasteiger partial charge in [-0.25, -0.2) is 4.98 Å². The van der Waals surface area contributed by atoms with Crippen molar-refractivity contribution in [2.45, 2.75) is 32.9 Å². The zero-order chi connectivity index (χ0) is 15.1. The molecule has 0 bridgehead atoms. The fraction of sp³-hybridized carbons (Fsp3) is 0.438. The van der Waals surface area contributed by atoms with Crippen molar-refractivity contribution in [3.63, 3.8) is 0 Å². The summed E-state index contributed by atoms with van der Waals surface area (Å²) in [4.78, 5) is 5.67. The SMILES string of the molecule is CCc1cccc(OCCc2nc(COC)c(CN)s2)c1. The highest BCUT2D eigenvalue weighted by Crippen LogP contribution is 2.20. The second kappa shape index (κ2) is 8.12. The fourth-order valence-electron chi connectivity index (χ4n) is 2.06. The lowest BCUT2D eigenvalue weighted by atomic mass is 10.2. The van der Waals surface area contributed by atoms with Crippen molar-refractivity contribution in [2.24, 2.45) is 5.73 Å². The Kier molecular flexibility index (Phi) is 6.17. The Morgan fingerprint density at radius 1 is 1.33 bits per heavy atom. The molecule has 1 heterocycles. The van der Waals surface area contributed by atoms with E-state index in [4.69, 9.17) is 15.2 Å². The van der Waals surface area contributed by atoms with Crippen LogP contribution in [0.2, 0.25) is 0 Å². The Morgan fingerprint density at radius 2 is 2.19 bits per heavy atom. The minimum atomic E-state index is 0.510. The van der Waals surface area contributed by atoms with Gasteiger partial charge in [-0.15, -0.1) is 11.3 Å². The molecule has 0 aliphatic carbocycles. The molecule has 0 unspecified atom stereocenters. The Hall–Kier alpha value is -1.43. The van der Waals surface area contributed by atoms with Gasteiger partial charge in [-0.05, 0) is 24.1 Å². The van der Waals surface area contributed by atoms with Crippen molar-refractivity contribution in [1.29, 1.82) is 0 Å². The Balaban J connectivity index is 1.90. The topological polar surface area (TPSA) is 57.4 Å². The number of ether oxygens (including phenoxy) is 2. The average Bonchev–Trinajstić information content (AvgIpc) is 2.90. The molecule has 0 radical (unpaired) electrons. The smallest absolute Gasteiger partial charge is 0.119 e. The molecular formula is C16H22N2O2S. The Morgan fingerprint density at radius 3 is 2.90 bits per heavy atom. The van der Waals surface area contributed by atoms with Gasteiger partial charge in [-0.2, -0.15) is 0 Å². The van der Waals surface area contributed by atoms with Gasteiger partial charge in [-0.3, -0.25) is 0 Å². The summed E-state index contributed by atoms with van der Waals surface area (Å²) in [6.45, 7) is 3.79. The van der Waals surface area contributed by atoms with E-state index in [0.29, 0.717) is 19.8 Å². The molecule has 2 N–H and O–H groups in total. The van der Waals surface area contributed by atoms with E-state index in [1.807, 2.05) is 12.1 Å². The van der Waals surface area contributed by atoms with E-state index in [0.717, 1.165) is 34.2 Å². The summed E-state index contributed by atoms with van der Waals surface area (Å²) in [5.74, 6) is 0.919. The summed E-state index contributed by atoms with van der Waals surface area (Å²) in [7, 11) is 1.67. The zero-order valence-electron chi connectivity index (χ0n) is 12.6. The summed E-state index contributed by atoms with van der Waals surface area (Å²) in [5.41, 5.74) is 7.97. The van der Waals surface area contributed by atoms with Crippen molar-refractivity contribution >= 4 is 11.3 Å². The summed E-state index contributed by atoms with van der Waals surface area (Å²) in [6.07, 6.45) is 1.81. The van der Waals surface area contributed by atoms with Gasteiger partial charge in [0.1, 0.15) is 5.75 Å². The lowest BCUT2D eigenvalue weighted by molar-refractivity contribution is 0.181. The molecule has 0 atom stereocenters. The molecule has 5 heteroatoms. The van der Waals surface area contributed by atoms with Crippen LogP contribution in [0.25, 0.3) is 0 Å². The van der Waals surface area contributed by atoms with Crippen LogP contribution in [0, 0.1) is 0 Å². The van der Waals surface area contributed by atoms with Gasteiger partial charge in [0, 0.05) is 25.0 Å². The number of thiazole rings is 1. The standard InChI is InChI=1S/C16H22N2O2S/c1-3-12-5-4-6-13(9-12)20-8-7-16-18-14(11-19-2)15(10-17)21-16/h4-6,9H,3,7-8,10-11,17H2,1-2H3. The van der Waals surface area contributed by atoms with Gasteiger partial charge in [0.25, 0.3) is 0 Å². The van der Waals surface area contributed by atoms with Crippen LogP contribution in [0.3, 0.4) is 0 Å². The minimum Gasteiger partial charge on any atom is -0.493 e. The predicted molar refractivity (Wildman–Crippen MR) is 85.7 cm³/mol. The highest BCUT2D eigenvalue weighted by Gasteiger charge is 2.09. The van der Waals surface area contributed by atoms with Crippen molar-refractivity contribution in [2.75, 3.05) is 13.7 Å². The molecule has 2 aromatic rings. The first-order valence-corrected chi connectivity index (χ1v) is 7.96. The number of nitrogens with two attached hydrogens (primary N) is 1. The lowest BCUT2D eigenvalue weighted by Crippen LogP contribution is -2.02. The van der Waals surface area contributed by atoms with Crippen LogP contribution in [0.4, 0.5) is 0 Å². The van der Waals surface area contributed by atoms with E-state index in [2.05, 4.69) is 24.0 Å². The van der Waals surface area contributed by atoms with Gasteiger partial charge in [-0.1, -0.05) is 19.1 Å². The third-order valence-electron chi connectivity index (χ3n) is 3.18. The molecule has 0 aliphatic heterocycles. The molecule has 2 rings (SSSR count). The third-order valence-corrected chi connectivity index (χ3v) is 4.36. The van der Waals surface area contributed by atoms with E-state index < -0.39 is 0 Å². The number of hydrogen-bond donors (Lipinski definition) is 1. The Bertz CT molecular complexity index is 569. The number of hydrogen-bond acceptors (Lipinski definition) is 5. The monoisotopic (exact) mass is 306 g/mol. The number of methoxy groups -OCH3 is 1. The van der Waals surface area contributed by atoms with Crippen molar-refractivity contribution in [3.8, 4) is 5.75 Å².